The van der Waals surface area contributed by atoms with Crippen LogP contribution in [-0.4, -0.2) is 18.4 Å². The molecule has 10 heteroatoms. The van der Waals surface area contributed by atoms with Crippen LogP contribution < -0.4 is 4.72 Å². The molecule has 4 aromatic rings. The number of benzene rings is 3. The maximum Gasteiger partial charge on any atom is 0.262 e. The summed E-state index contributed by atoms with van der Waals surface area (Å²) in [4.78, 5) is 8.25. The summed E-state index contributed by atoms with van der Waals surface area (Å²) in [5.41, 5.74) is 0.548. The van der Waals surface area contributed by atoms with Crippen LogP contribution in [-0.2, 0) is 10.0 Å². The molecule has 4 rings (SSSR count). The van der Waals surface area contributed by atoms with E-state index in [0.717, 1.165) is 12.1 Å². The van der Waals surface area contributed by atoms with Gasteiger partial charge in [-0.3, -0.25) is 4.72 Å². The SMILES string of the molecule is Cc1ccc(Cl)cc1S(=O)(=O)Nc1ccc(F)c(-c2ccc3nc(I)ncc3c2)c1F. The van der Waals surface area contributed by atoms with Gasteiger partial charge in [0.2, 0.25) is 0 Å². The molecule has 0 bridgehead atoms. The van der Waals surface area contributed by atoms with Gasteiger partial charge in [0, 0.05) is 39.2 Å². The average molecular weight is 572 g/mol. The largest absolute Gasteiger partial charge is 0.277 e. The number of sulfonamides is 1. The van der Waals surface area contributed by atoms with Gasteiger partial charge in [-0.15, -0.1) is 0 Å². The fraction of sp³-hybridized carbons (Fsp3) is 0.0476. The Morgan fingerprint density at radius 3 is 2.61 bits per heavy atom. The van der Waals surface area contributed by atoms with E-state index in [-0.39, 0.29) is 26.7 Å². The molecular formula is C21H13ClF2IN3O2S. The number of fused-ring (bicyclic) bond motifs is 1. The number of hydrogen-bond donors (Lipinski definition) is 1. The van der Waals surface area contributed by atoms with Crippen molar-refractivity contribution in [3.63, 3.8) is 0 Å². The van der Waals surface area contributed by atoms with E-state index in [1.807, 2.05) is 22.6 Å². The van der Waals surface area contributed by atoms with Gasteiger partial charge < -0.3 is 0 Å². The highest BCUT2D eigenvalue weighted by Gasteiger charge is 2.22. The normalized spacial score (nSPS) is 11.6. The third kappa shape index (κ3) is 4.35. The van der Waals surface area contributed by atoms with Crippen LogP contribution in [0.5, 0.6) is 0 Å². The van der Waals surface area contributed by atoms with Crippen molar-refractivity contribution in [1.82, 2.24) is 9.97 Å². The van der Waals surface area contributed by atoms with Crippen LogP contribution in [0.2, 0.25) is 5.02 Å². The van der Waals surface area contributed by atoms with Crippen LogP contribution >= 0.6 is 34.2 Å². The fourth-order valence-electron chi connectivity index (χ4n) is 3.13. The molecule has 1 N–H and O–H groups in total. The lowest BCUT2D eigenvalue weighted by atomic mass is 10.0. The molecule has 0 saturated heterocycles. The summed E-state index contributed by atoms with van der Waals surface area (Å²) in [5, 5.41) is 0.816. The molecule has 0 unspecified atom stereocenters. The van der Waals surface area contributed by atoms with Crippen LogP contribution in [0, 0.1) is 22.4 Å². The Hall–Kier alpha value is -2.37. The summed E-state index contributed by atoms with van der Waals surface area (Å²) in [6.45, 7) is 1.59. The molecule has 0 fully saturated rings. The maximum absolute atomic E-state index is 15.3. The molecule has 1 heterocycles. The van der Waals surface area contributed by atoms with Crippen molar-refractivity contribution in [3.05, 3.63) is 80.8 Å². The zero-order valence-electron chi connectivity index (χ0n) is 15.8. The molecule has 1 aromatic heterocycles. The summed E-state index contributed by atoms with van der Waals surface area (Å²) < 4.78 is 58.3. The molecule has 0 atom stereocenters. The van der Waals surface area contributed by atoms with Crippen molar-refractivity contribution in [3.8, 4) is 11.1 Å². The van der Waals surface area contributed by atoms with Gasteiger partial charge >= 0.3 is 0 Å². The minimum absolute atomic E-state index is 0.0947. The van der Waals surface area contributed by atoms with Gasteiger partial charge in [0.05, 0.1) is 21.7 Å². The number of halogens is 4. The van der Waals surface area contributed by atoms with Gasteiger partial charge in [-0.1, -0.05) is 23.7 Å². The summed E-state index contributed by atoms with van der Waals surface area (Å²) in [6, 6.07) is 11.1. The second kappa shape index (κ2) is 8.29. The van der Waals surface area contributed by atoms with E-state index in [4.69, 9.17) is 11.6 Å². The number of anilines is 1. The number of aromatic nitrogens is 2. The highest BCUT2D eigenvalue weighted by atomic mass is 127. The van der Waals surface area contributed by atoms with Crippen LogP contribution in [0.15, 0.2) is 59.6 Å². The summed E-state index contributed by atoms with van der Waals surface area (Å²) in [6.07, 6.45) is 1.55. The summed E-state index contributed by atoms with van der Waals surface area (Å²) in [5.74, 6) is -1.86. The summed E-state index contributed by atoms with van der Waals surface area (Å²) >= 11 is 7.88. The first-order chi connectivity index (χ1) is 14.7. The zero-order valence-corrected chi connectivity index (χ0v) is 19.6. The number of hydrogen-bond acceptors (Lipinski definition) is 4. The van der Waals surface area contributed by atoms with Crippen LogP contribution in [0.3, 0.4) is 0 Å². The minimum atomic E-state index is -4.16. The van der Waals surface area contributed by atoms with E-state index in [1.165, 1.54) is 12.1 Å². The molecule has 0 aliphatic carbocycles. The van der Waals surface area contributed by atoms with E-state index in [1.54, 1.807) is 37.4 Å². The highest BCUT2D eigenvalue weighted by molar-refractivity contribution is 14.1. The predicted molar refractivity (Wildman–Crippen MR) is 125 cm³/mol. The Labute approximate surface area is 195 Å². The number of aryl methyl sites for hydroxylation is 1. The molecule has 0 aliphatic heterocycles. The molecule has 31 heavy (non-hydrogen) atoms. The third-order valence-corrected chi connectivity index (χ3v) is 6.88. The van der Waals surface area contributed by atoms with E-state index in [2.05, 4.69) is 14.7 Å². The first-order valence-electron chi connectivity index (χ1n) is 8.85. The Balaban J connectivity index is 1.80. The van der Waals surface area contributed by atoms with Crippen LogP contribution in [0.25, 0.3) is 22.0 Å². The lowest BCUT2D eigenvalue weighted by molar-refractivity contribution is 0.587. The second-order valence-corrected chi connectivity index (χ2v) is 9.76. The van der Waals surface area contributed by atoms with Crippen molar-refractivity contribution >= 4 is 60.8 Å². The molecule has 0 radical (unpaired) electrons. The average Bonchev–Trinajstić information content (AvgIpc) is 2.72. The van der Waals surface area contributed by atoms with Crippen molar-refractivity contribution < 1.29 is 17.2 Å². The molecule has 158 valence electrons. The Morgan fingerprint density at radius 1 is 1.06 bits per heavy atom. The first kappa shape index (κ1) is 21.8. The molecule has 0 spiro atoms. The van der Waals surface area contributed by atoms with Crippen molar-refractivity contribution in [1.29, 1.82) is 0 Å². The van der Waals surface area contributed by atoms with Gasteiger partial charge in [0.25, 0.3) is 10.0 Å². The van der Waals surface area contributed by atoms with Gasteiger partial charge in [-0.25, -0.2) is 27.2 Å². The van der Waals surface area contributed by atoms with Gasteiger partial charge in [-0.2, -0.15) is 0 Å². The smallest absolute Gasteiger partial charge is 0.262 e. The monoisotopic (exact) mass is 571 g/mol. The predicted octanol–water partition coefficient (Wildman–Crippen LogP) is 5.94. The second-order valence-electron chi connectivity index (χ2n) is 6.71. The molecule has 5 nitrogen and oxygen atoms in total. The number of nitrogens with one attached hydrogen (secondary N) is 1. The molecular weight excluding hydrogens is 559 g/mol. The lowest BCUT2D eigenvalue weighted by Gasteiger charge is -2.14. The van der Waals surface area contributed by atoms with Gasteiger partial charge in [-0.05, 0) is 54.4 Å². The number of nitrogens with zero attached hydrogens (tertiary/aromatic N) is 2. The molecule has 3 aromatic carbocycles. The lowest BCUT2D eigenvalue weighted by Crippen LogP contribution is -2.15. The Morgan fingerprint density at radius 2 is 1.84 bits per heavy atom. The van der Waals surface area contributed by atoms with Crippen molar-refractivity contribution in [2.45, 2.75) is 11.8 Å². The summed E-state index contributed by atoms with van der Waals surface area (Å²) in [7, 11) is -4.16. The van der Waals surface area contributed by atoms with Gasteiger partial charge in [0.1, 0.15) is 5.82 Å². The van der Waals surface area contributed by atoms with E-state index in [0.29, 0.717) is 20.3 Å². The standard InChI is InChI=1S/C21H13ClF2IN3O2S/c1-11-2-4-14(22)9-18(11)31(29,30)28-17-7-5-15(23)19(20(17)24)12-3-6-16-13(8-12)10-26-21(25)27-16/h2-10,28H,1H3. The third-order valence-electron chi connectivity index (χ3n) is 4.61. The van der Waals surface area contributed by atoms with E-state index in [9.17, 15) is 12.8 Å². The topological polar surface area (TPSA) is 72.0 Å². The Kier molecular flexibility index (Phi) is 5.84. The van der Waals surface area contributed by atoms with Crippen LogP contribution in [0.4, 0.5) is 14.5 Å². The van der Waals surface area contributed by atoms with E-state index < -0.39 is 21.7 Å². The zero-order chi connectivity index (χ0) is 22.3. The fourth-order valence-corrected chi connectivity index (χ4v) is 5.09. The van der Waals surface area contributed by atoms with Crippen molar-refractivity contribution in [2.24, 2.45) is 0 Å². The van der Waals surface area contributed by atoms with Gasteiger partial charge in [0.15, 0.2) is 9.65 Å². The van der Waals surface area contributed by atoms with E-state index >= 15 is 4.39 Å². The number of rotatable bonds is 4. The quantitative estimate of drug-likeness (QED) is 0.243. The highest BCUT2D eigenvalue weighted by Crippen LogP contribution is 2.33. The van der Waals surface area contributed by atoms with Crippen molar-refractivity contribution in [2.75, 3.05) is 4.72 Å². The molecule has 0 saturated carbocycles. The minimum Gasteiger partial charge on any atom is -0.277 e. The molecule has 0 amide bonds. The first-order valence-corrected chi connectivity index (χ1v) is 11.8. The maximum atomic E-state index is 15.3. The van der Waals surface area contributed by atoms with Crippen LogP contribution in [0.1, 0.15) is 5.56 Å². The Bertz CT molecular complexity index is 1450. The molecule has 0 aliphatic rings.